The van der Waals surface area contributed by atoms with Crippen molar-refractivity contribution >= 4 is 18.7 Å². The molecular weight excluding hydrogens is 448 g/mol. The van der Waals surface area contributed by atoms with Crippen molar-refractivity contribution in [2.45, 2.75) is 25.8 Å². The van der Waals surface area contributed by atoms with Crippen molar-refractivity contribution in [3.8, 4) is 0 Å². The van der Waals surface area contributed by atoms with Gasteiger partial charge in [0.15, 0.2) is 0 Å². The van der Waals surface area contributed by atoms with Gasteiger partial charge in [-0.2, -0.15) is 0 Å². The van der Waals surface area contributed by atoms with Crippen LogP contribution in [-0.4, -0.2) is 81.5 Å². The maximum Gasteiger partial charge on any atom is 0.261 e. The first-order valence-electron chi connectivity index (χ1n) is 12.1. The van der Waals surface area contributed by atoms with Gasteiger partial charge in [-0.15, -0.1) is 0 Å². The Morgan fingerprint density at radius 1 is 0.529 bits per heavy atom. The van der Waals surface area contributed by atoms with Gasteiger partial charge in [-0.1, -0.05) is 81.4 Å². The molecule has 0 N–H and O–H groups in total. The van der Waals surface area contributed by atoms with Crippen LogP contribution in [0.4, 0.5) is 0 Å². The fourth-order valence-corrected chi connectivity index (χ4v) is 8.46. The highest BCUT2D eigenvalue weighted by Crippen LogP contribution is 2.36. The molecule has 0 aliphatic rings. The van der Waals surface area contributed by atoms with Gasteiger partial charge < -0.3 is 28.1 Å². The highest BCUT2D eigenvalue weighted by atomic mass is 28.4. The number of methoxy groups -OCH3 is 1. The van der Waals surface area contributed by atoms with E-state index in [4.69, 9.17) is 28.1 Å². The van der Waals surface area contributed by atoms with Gasteiger partial charge in [-0.3, -0.25) is 0 Å². The van der Waals surface area contributed by atoms with Gasteiger partial charge in [0.25, 0.3) is 8.32 Å². The van der Waals surface area contributed by atoms with E-state index in [1.54, 1.807) is 7.11 Å². The fourth-order valence-electron chi connectivity index (χ4n) is 3.92. The molecule has 0 radical (unpaired) electrons. The highest BCUT2D eigenvalue weighted by Gasteiger charge is 2.49. The minimum absolute atomic E-state index is 0.0341. The van der Waals surface area contributed by atoms with Gasteiger partial charge in [0.05, 0.1) is 66.1 Å². The summed E-state index contributed by atoms with van der Waals surface area (Å²) in [6.07, 6.45) is 0. The standard InChI is InChI=1S/C27H42O6Si/c1-27(2,3)34(25-11-7-5-8-12-25,26-13-9-6-10-14-26)33-24-23-32-22-21-31-20-19-30-18-17-29-16-15-28-4/h5-14H,15-24H2,1-4H3. The van der Waals surface area contributed by atoms with Crippen LogP contribution in [0.1, 0.15) is 20.8 Å². The van der Waals surface area contributed by atoms with E-state index in [0.717, 1.165) is 0 Å². The molecule has 0 saturated heterocycles. The minimum Gasteiger partial charge on any atom is -0.405 e. The molecule has 0 aliphatic heterocycles. The van der Waals surface area contributed by atoms with Crippen LogP contribution in [0.25, 0.3) is 0 Å². The van der Waals surface area contributed by atoms with Crippen molar-refractivity contribution in [3.05, 3.63) is 60.7 Å². The Morgan fingerprint density at radius 2 is 0.882 bits per heavy atom. The Bertz CT molecular complexity index is 711. The summed E-state index contributed by atoms with van der Waals surface area (Å²) in [5, 5.41) is 2.52. The van der Waals surface area contributed by atoms with Gasteiger partial charge >= 0.3 is 0 Å². The zero-order valence-corrected chi connectivity index (χ0v) is 22.3. The Labute approximate surface area is 206 Å². The normalized spacial score (nSPS) is 12.2. The zero-order valence-electron chi connectivity index (χ0n) is 21.3. The van der Waals surface area contributed by atoms with Gasteiger partial charge in [-0.25, -0.2) is 0 Å². The second-order valence-corrected chi connectivity index (χ2v) is 13.3. The van der Waals surface area contributed by atoms with Gasteiger partial charge in [0, 0.05) is 7.11 Å². The van der Waals surface area contributed by atoms with Crippen molar-refractivity contribution in [3.63, 3.8) is 0 Å². The van der Waals surface area contributed by atoms with E-state index in [-0.39, 0.29) is 5.04 Å². The second-order valence-electron chi connectivity index (χ2n) is 8.95. The van der Waals surface area contributed by atoms with Gasteiger partial charge in [0.2, 0.25) is 0 Å². The summed E-state index contributed by atoms with van der Waals surface area (Å²) < 4.78 is 33.9. The van der Waals surface area contributed by atoms with Crippen LogP contribution in [0.5, 0.6) is 0 Å². The molecule has 0 aromatic heterocycles. The molecule has 6 nitrogen and oxygen atoms in total. The number of hydrogen-bond donors (Lipinski definition) is 0. The summed E-state index contributed by atoms with van der Waals surface area (Å²) in [6.45, 7) is 12.4. The van der Waals surface area contributed by atoms with Gasteiger partial charge in [-0.05, 0) is 15.4 Å². The van der Waals surface area contributed by atoms with Crippen LogP contribution < -0.4 is 10.4 Å². The zero-order chi connectivity index (χ0) is 24.5. The third-order valence-electron chi connectivity index (χ3n) is 5.51. The average molecular weight is 491 g/mol. The first kappa shape index (κ1) is 28.7. The molecule has 7 heteroatoms. The largest absolute Gasteiger partial charge is 0.405 e. The third-order valence-corrected chi connectivity index (χ3v) is 10.6. The number of ether oxygens (including phenoxy) is 5. The molecule has 2 aromatic rings. The number of rotatable bonds is 18. The first-order valence-corrected chi connectivity index (χ1v) is 14.0. The smallest absolute Gasteiger partial charge is 0.261 e. The first-order chi connectivity index (χ1) is 16.5. The molecule has 0 bridgehead atoms. The SMILES string of the molecule is COCCOCCOCCOCCOCCO[Si](c1ccccc1)(c1ccccc1)C(C)(C)C. The molecule has 2 aromatic carbocycles. The van der Waals surface area contributed by atoms with Crippen molar-refractivity contribution in [1.29, 1.82) is 0 Å². The molecule has 0 atom stereocenters. The van der Waals surface area contributed by atoms with Crippen molar-refractivity contribution in [1.82, 2.24) is 0 Å². The predicted molar refractivity (Wildman–Crippen MR) is 139 cm³/mol. The maximum absolute atomic E-state index is 6.81. The molecule has 2 rings (SSSR count). The average Bonchev–Trinajstić information content (AvgIpc) is 2.84. The summed E-state index contributed by atoms with van der Waals surface area (Å²) in [6, 6.07) is 21.3. The lowest BCUT2D eigenvalue weighted by Gasteiger charge is -2.43. The van der Waals surface area contributed by atoms with Crippen LogP contribution in [0, 0.1) is 0 Å². The van der Waals surface area contributed by atoms with E-state index in [9.17, 15) is 0 Å². The minimum atomic E-state index is -2.50. The van der Waals surface area contributed by atoms with Crippen LogP contribution in [0.2, 0.25) is 5.04 Å². The molecule has 0 heterocycles. The van der Waals surface area contributed by atoms with E-state index in [1.807, 2.05) is 0 Å². The van der Waals surface area contributed by atoms with Crippen LogP contribution in [0.3, 0.4) is 0 Å². The molecule has 0 amide bonds. The molecule has 0 saturated carbocycles. The van der Waals surface area contributed by atoms with Crippen molar-refractivity contribution in [2.75, 3.05) is 73.2 Å². The predicted octanol–water partition coefficient (Wildman–Crippen LogP) is 3.28. The summed E-state index contributed by atoms with van der Waals surface area (Å²) in [5.74, 6) is 0. The van der Waals surface area contributed by atoms with E-state index < -0.39 is 8.32 Å². The molecular formula is C27H42O6Si. The fraction of sp³-hybridized carbons (Fsp3) is 0.556. The van der Waals surface area contributed by atoms with Crippen LogP contribution in [-0.2, 0) is 28.1 Å². The van der Waals surface area contributed by atoms with E-state index in [2.05, 4.69) is 81.4 Å². The molecule has 0 fully saturated rings. The maximum atomic E-state index is 6.81. The number of hydrogen-bond acceptors (Lipinski definition) is 6. The lowest BCUT2D eigenvalue weighted by molar-refractivity contribution is -0.0100. The van der Waals surface area contributed by atoms with E-state index in [0.29, 0.717) is 66.1 Å². The molecule has 0 unspecified atom stereocenters. The van der Waals surface area contributed by atoms with Crippen LogP contribution in [0.15, 0.2) is 60.7 Å². The molecule has 190 valence electrons. The summed E-state index contributed by atoms with van der Waals surface area (Å²) in [5.41, 5.74) is 0. The Balaban J connectivity index is 1.73. The lowest BCUT2D eigenvalue weighted by Crippen LogP contribution is -2.66. The Hall–Kier alpha value is -1.58. The van der Waals surface area contributed by atoms with Crippen LogP contribution >= 0.6 is 0 Å². The van der Waals surface area contributed by atoms with Crippen molar-refractivity contribution < 1.29 is 28.1 Å². The monoisotopic (exact) mass is 490 g/mol. The Morgan fingerprint density at radius 3 is 1.24 bits per heavy atom. The molecule has 0 spiro atoms. The summed E-state index contributed by atoms with van der Waals surface area (Å²) >= 11 is 0. The van der Waals surface area contributed by atoms with Gasteiger partial charge in [0.1, 0.15) is 0 Å². The summed E-state index contributed by atoms with van der Waals surface area (Å²) in [4.78, 5) is 0. The quantitative estimate of drug-likeness (QED) is 0.236. The Kier molecular flexibility index (Phi) is 13.6. The van der Waals surface area contributed by atoms with E-state index >= 15 is 0 Å². The van der Waals surface area contributed by atoms with E-state index in [1.165, 1.54) is 10.4 Å². The summed E-state index contributed by atoms with van der Waals surface area (Å²) in [7, 11) is -0.842. The number of benzene rings is 2. The highest BCUT2D eigenvalue weighted by molar-refractivity contribution is 6.99. The second kappa shape index (κ2) is 16.2. The topological polar surface area (TPSA) is 55.4 Å². The molecule has 34 heavy (non-hydrogen) atoms. The molecule has 0 aliphatic carbocycles. The third kappa shape index (κ3) is 9.22. The van der Waals surface area contributed by atoms with Crippen molar-refractivity contribution in [2.24, 2.45) is 0 Å². The lowest BCUT2D eigenvalue weighted by atomic mass is 10.2.